The van der Waals surface area contributed by atoms with E-state index in [-0.39, 0.29) is 5.88 Å². The first-order valence-corrected chi connectivity index (χ1v) is 3.74. The van der Waals surface area contributed by atoms with Gasteiger partial charge in [-0.1, -0.05) is 0 Å². The van der Waals surface area contributed by atoms with E-state index < -0.39 is 11.2 Å². The molecular formula is C3H5NOS2. The van der Waals surface area contributed by atoms with Gasteiger partial charge in [-0.2, -0.15) is 4.99 Å². The Hall–Kier alpha value is 0.110. The fraction of sp³-hybridized carbons (Fsp3) is 0.667. The second-order valence-electron chi connectivity index (χ2n) is 0.952. The Labute approximate surface area is 50.8 Å². The minimum absolute atomic E-state index is 0.281. The zero-order chi connectivity index (χ0) is 5.70. The SMILES string of the molecule is C[S+]([O-])CN=C=S. The maximum Gasteiger partial charge on any atom is 0.204 e. The van der Waals surface area contributed by atoms with Gasteiger partial charge in [-0.3, -0.25) is 0 Å². The number of thiocarbonyl (C=S) groups is 1. The summed E-state index contributed by atoms with van der Waals surface area (Å²) in [5.41, 5.74) is 0. The van der Waals surface area contributed by atoms with Crippen LogP contribution in [0, 0.1) is 0 Å². The van der Waals surface area contributed by atoms with Crippen LogP contribution in [0.3, 0.4) is 0 Å². The summed E-state index contributed by atoms with van der Waals surface area (Å²) >= 11 is 3.36. The molecule has 0 heterocycles. The van der Waals surface area contributed by atoms with Crippen LogP contribution >= 0.6 is 12.2 Å². The molecule has 40 valence electrons. The molecule has 2 nitrogen and oxygen atoms in total. The highest BCUT2D eigenvalue weighted by atomic mass is 32.2. The fourth-order valence-electron chi connectivity index (χ4n) is 0.117. The second-order valence-corrected chi connectivity index (χ2v) is 2.54. The van der Waals surface area contributed by atoms with E-state index in [0.29, 0.717) is 0 Å². The first-order valence-electron chi connectivity index (χ1n) is 1.61. The van der Waals surface area contributed by atoms with Crippen molar-refractivity contribution in [1.29, 1.82) is 0 Å². The van der Waals surface area contributed by atoms with Crippen LogP contribution in [0.15, 0.2) is 4.99 Å². The monoisotopic (exact) mass is 135 g/mol. The first-order chi connectivity index (χ1) is 3.27. The summed E-state index contributed by atoms with van der Waals surface area (Å²) in [5.74, 6) is 0.281. The molecular weight excluding hydrogens is 130 g/mol. The maximum absolute atomic E-state index is 10.1. The number of rotatable bonds is 2. The highest BCUT2D eigenvalue weighted by Gasteiger charge is 1.87. The number of hydrogen-bond acceptors (Lipinski definition) is 3. The van der Waals surface area contributed by atoms with E-state index in [1.54, 1.807) is 6.26 Å². The Balaban J connectivity index is 3.13. The van der Waals surface area contributed by atoms with Crippen LogP contribution in [0.4, 0.5) is 0 Å². The van der Waals surface area contributed by atoms with Gasteiger partial charge in [-0.15, -0.1) is 0 Å². The highest BCUT2D eigenvalue weighted by molar-refractivity contribution is 7.90. The van der Waals surface area contributed by atoms with Crippen LogP contribution in [0.5, 0.6) is 0 Å². The minimum atomic E-state index is -0.861. The molecule has 0 radical (unpaired) electrons. The van der Waals surface area contributed by atoms with E-state index in [9.17, 15) is 4.55 Å². The van der Waals surface area contributed by atoms with Crippen molar-refractivity contribution in [1.82, 2.24) is 0 Å². The van der Waals surface area contributed by atoms with Crippen molar-refractivity contribution in [2.24, 2.45) is 4.99 Å². The van der Waals surface area contributed by atoms with E-state index in [2.05, 4.69) is 22.4 Å². The Bertz CT molecular complexity index is 86.9. The number of isothiocyanates is 1. The van der Waals surface area contributed by atoms with Crippen LogP contribution in [-0.2, 0) is 11.2 Å². The molecule has 0 N–H and O–H groups in total. The van der Waals surface area contributed by atoms with Crippen molar-refractivity contribution in [2.45, 2.75) is 0 Å². The molecule has 1 atom stereocenters. The maximum atomic E-state index is 10.1. The van der Waals surface area contributed by atoms with E-state index in [4.69, 9.17) is 0 Å². The molecule has 0 amide bonds. The molecule has 0 aromatic carbocycles. The molecule has 1 unspecified atom stereocenters. The van der Waals surface area contributed by atoms with Crippen molar-refractivity contribution in [3.8, 4) is 0 Å². The van der Waals surface area contributed by atoms with Gasteiger partial charge in [0.1, 0.15) is 0 Å². The van der Waals surface area contributed by atoms with Crippen LogP contribution in [-0.4, -0.2) is 21.8 Å². The molecule has 7 heavy (non-hydrogen) atoms. The number of aliphatic imine (C=N–C) groups is 1. The number of nitrogens with zero attached hydrogens (tertiary/aromatic N) is 1. The van der Waals surface area contributed by atoms with Gasteiger partial charge in [-0.25, -0.2) is 0 Å². The Kier molecular flexibility index (Phi) is 4.34. The normalized spacial score (nSPS) is 12.3. The summed E-state index contributed by atoms with van der Waals surface area (Å²) in [4.78, 5) is 3.44. The summed E-state index contributed by atoms with van der Waals surface area (Å²) in [6.07, 6.45) is 1.57. The van der Waals surface area contributed by atoms with Crippen molar-refractivity contribution < 1.29 is 4.55 Å². The lowest BCUT2D eigenvalue weighted by molar-refractivity contribution is 0.601. The molecule has 0 rings (SSSR count). The predicted octanol–water partition coefficient (Wildman–Crippen LogP) is 0.425. The molecule has 0 saturated heterocycles. The molecule has 0 aliphatic carbocycles. The third kappa shape index (κ3) is 6.11. The third-order valence-corrected chi connectivity index (χ3v) is 0.933. The third-order valence-electron chi connectivity index (χ3n) is 0.311. The van der Waals surface area contributed by atoms with Crippen molar-refractivity contribution >= 4 is 28.6 Å². The van der Waals surface area contributed by atoms with Crippen molar-refractivity contribution in [2.75, 3.05) is 12.1 Å². The van der Waals surface area contributed by atoms with Gasteiger partial charge in [0.25, 0.3) is 0 Å². The molecule has 0 bridgehead atoms. The quantitative estimate of drug-likeness (QED) is 0.312. The summed E-state index contributed by atoms with van der Waals surface area (Å²) in [5, 5.41) is 2.11. The molecule has 0 aromatic heterocycles. The van der Waals surface area contributed by atoms with Crippen LogP contribution < -0.4 is 0 Å². The van der Waals surface area contributed by atoms with Crippen molar-refractivity contribution in [3.63, 3.8) is 0 Å². The molecule has 0 spiro atoms. The van der Waals surface area contributed by atoms with Gasteiger partial charge in [-0.05, 0) is 23.4 Å². The van der Waals surface area contributed by atoms with E-state index in [1.165, 1.54) is 0 Å². The largest absolute Gasteiger partial charge is 0.615 e. The topological polar surface area (TPSA) is 35.4 Å². The minimum Gasteiger partial charge on any atom is -0.615 e. The molecule has 0 saturated carbocycles. The van der Waals surface area contributed by atoms with Crippen LogP contribution in [0.2, 0.25) is 0 Å². The van der Waals surface area contributed by atoms with E-state index in [1.807, 2.05) is 0 Å². The van der Waals surface area contributed by atoms with Crippen LogP contribution in [0.1, 0.15) is 0 Å². The van der Waals surface area contributed by atoms with E-state index >= 15 is 0 Å². The lowest BCUT2D eigenvalue weighted by Gasteiger charge is -1.95. The summed E-state index contributed by atoms with van der Waals surface area (Å²) in [6, 6.07) is 0. The summed E-state index contributed by atoms with van der Waals surface area (Å²) in [6.45, 7) is 0. The van der Waals surface area contributed by atoms with Gasteiger partial charge in [0.2, 0.25) is 5.88 Å². The standard InChI is InChI=1S/C3H5NOS2/c1-7(5)3-4-2-6/h3H2,1H3. The smallest absolute Gasteiger partial charge is 0.204 e. The molecule has 4 heteroatoms. The van der Waals surface area contributed by atoms with Crippen molar-refractivity contribution in [3.05, 3.63) is 0 Å². The van der Waals surface area contributed by atoms with E-state index in [0.717, 1.165) is 0 Å². The molecule has 0 aromatic rings. The lowest BCUT2D eigenvalue weighted by Crippen LogP contribution is -1.98. The van der Waals surface area contributed by atoms with Gasteiger partial charge in [0.15, 0.2) is 0 Å². The van der Waals surface area contributed by atoms with Crippen LogP contribution in [0.25, 0.3) is 0 Å². The average Bonchev–Trinajstić information content (AvgIpc) is 1.61. The highest BCUT2D eigenvalue weighted by Crippen LogP contribution is 1.79. The van der Waals surface area contributed by atoms with Gasteiger partial charge in [0.05, 0.1) is 11.4 Å². The Morgan fingerprint density at radius 2 is 2.57 bits per heavy atom. The zero-order valence-corrected chi connectivity index (χ0v) is 5.51. The van der Waals surface area contributed by atoms with Gasteiger partial charge < -0.3 is 4.55 Å². The average molecular weight is 135 g/mol. The molecule has 0 fully saturated rings. The molecule has 0 aliphatic heterocycles. The Morgan fingerprint density at radius 1 is 2.00 bits per heavy atom. The van der Waals surface area contributed by atoms with Gasteiger partial charge >= 0.3 is 0 Å². The second kappa shape index (κ2) is 4.27. The first kappa shape index (κ1) is 7.11. The fourth-order valence-corrected chi connectivity index (χ4v) is 0.510. The zero-order valence-electron chi connectivity index (χ0n) is 3.88. The van der Waals surface area contributed by atoms with Gasteiger partial charge in [0, 0.05) is 0 Å². The number of hydrogen-bond donors (Lipinski definition) is 0. The Morgan fingerprint density at radius 3 is 2.71 bits per heavy atom. The summed E-state index contributed by atoms with van der Waals surface area (Å²) < 4.78 is 10.1. The summed E-state index contributed by atoms with van der Waals surface area (Å²) in [7, 11) is 0. The predicted molar refractivity (Wildman–Crippen MR) is 34.0 cm³/mol. The lowest BCUT2D eigenvalue weighted by atomic mass is 11.4. The molecule has 0 aliphatic rings.